The highest BCUT2D eigenvalue weighted by atomic mass is 16.5. The van der Waals surface area contributed by atoms with Gasteiger partial charge < -0.3 is 25.6 Å². The summed E-state index contributed by atoms with van der Waals surface area (Å²) in [4.78, 5) is 51.2. The molecule has 3 N–H and O–H groups in total. The molecule has 2 unspecified atom stereocenters. The lowest BCUT2D eigenvalue weighted by Gasteiger charge is -2.31. The van der Waals surface area contributed by atoms with E-state index in [4.69, 9.17) is 4.74 Å². The molecule has 1 heterocycles. The minimum Gasteiger partial charge on any atom is -0.378 e. The molecule has 1 saturated heterocycles. The molecule has 0 bridgehead atoms. The monoisotopic (exact) mass is 438 g/mol. The molecule has 0 radical (unpaired) electrons. The molecular formula is C22H38N4O5. The lowest BCUT2D eigenvalue weighted by molar-refractivity contribution is -0.138. The molecule has 1 aliphatic carbocycles. The van der Waals surface area contributed by atoms with E-state index in [1.165, 1.54) is 6.42 Å². The van der Waals surface area contributed by atoms with Gasteiger partial charge in [0, 0.05) is 19.1 Å². The van der Waals surface area contributed by atoms with E-state index in [2.05, 4.69) is 16.0 Å². The summed E-state index contributed by atoms with van der Waals surface area (Å²) in [6, 6.07) is -1.12. The first-order valence-corrected chi connectivity index (χ1v) is 11.6. The topological polar surface area (TPSA) is 117 Å². The van der Waals surface area contributed by atoms with Crippen molar-refractivity contribution < 1.29 is 23.9 Å². The van der Waals surface area contributed by atoms with Gasteiger partial charge in [-0.05, 0) is 25.7 Å². The number of rotatable bonds is 10. The molecule has 1 aliphatic heterocycles. The predicted molar refractivity (Wildman–Crippen MR) is 116 cm³/mol. The van der Waals surface area contributed by atoms with E-state index in [9.17, 15) is 19.2 Å². The second-order valence-electron chi connectivity index (χ2n) is 8.65. The summed E-state index contributed by atoms with van der Waals surface area (Å²) in [5.41, 5.74) is 0. The van der Waals surface area contributed by atoms with Crippen LogP contribution in [0.1, 0.15) is 65.2 Å². The maximum atomic E-state index is 12.8. The van der Waals surface area contributed by atoms with Gasteiger partial charge in [-0.15, -0.1) is 0 Å². The van der Waals surface area contributed by atoms with Crippen LogP contribution >= 0.6 is 0 Å². The zero-order chi connectivity index (χ0) is 22.6. The van der Waals surface area contributed by atoms with Gasteiger partial charge in [0.2, 0.25) is 11.7 Å². The fraction of sp³-hybridized carbons (Fsp3) is 0.818. The number of nitrogens with one attached hydrogen (secondary N) is 3. The summed E-state index contributed by atoms with van der Waals surface area (Å²) in [6.07, 6.45) is 7.75. The Labute approximate surface area is 185 Å². The van der Waals surface area contributed by atoms with Gasteiger partial charge >= 0.3 is 6.03 Å². The third kappa shape index (κ3) is 8.85. The Kier molecular flexibility index (Phi) is 10.8. The van der Waals surface area contributed by atoms with Crippen molar-refractivity contribution in [1.82, 2.24) is 20.9 Å². The zero-order valence-corrected chi connectivity index (χ0v) is 18.9. The van der Waals surface area contributed by atoms with Crippen molar-refractivity contribution in [3.63, 3.8) is 0 Å². The third-order valence-corrected chi connectivity index (χ3v) is 5.98. The number of morpholine rings is 1. The molecule has 2 atom stereocenters. The van der Waals surface area contributed by atoms with Crippen molar-refractivity contribution in [3.05, 3.63) is 0 Å². The van der Waals surface area contributed by atoms with Crippen molar-refractivity contribution in [2.24, 2.45) is 5.92 Å². The summed E-state index contributed by atoms with van der Waals surface area (Å²) in [7, 11) is 0. The van der Waals surface area contributed by atoms with Crippen molar-refractivity contribution in [3.8, 4) is 0 Å². The zero-order valence-electron chi connectivity index (χ0n) is 18.9. The highest BCUT2D eigenvalue weighted by molar-refractivity contribution is 6.37. The van der Waals surface area contributed by atoms with Gasteiger partial charge in [-0.25, -0.2) is 4.79 Å². The van der Waals surface area contributed by atoms with Gasteiger partial charge in [-0.2, -0.15) is 0 Å². The van der Waals surface area contributed by atoms with Crippen LogP contribution in [-0.2, 0) is 19.1 Å². The molecule has 4 amide bonds. The highest BCUT2D eigenvalue weighted by Crippen LogP contribution is 2.27. The average Bonchev–Trinajstić information content (AvgIpc) is 2.78. The van der Waals surface area contributed by atoms with Crippen LogP contribution in [-0.4, -0.2) is 73.5 Å². The second-order valence-corrected chi connectivity index (χ2v) is 8.65. The summed E-state index contributed by atoms with van der Waals surface area (Å²) in [5, 5.41) is 8.05. The molecule has 2 rings (SSSR count). The predicted octanol–water partition coefficient (Wildman–Crippen LogP) is 1.36. The third-order valence-electron chi connectivity index (χ3n) is 5.98. The van der Waals surface area contributed by atoms with Crippen LogP contribution in [0.15, 0.2) is 0 Å². The molecule has 2 aliphatic rings. The maximum absolute atomic E-state index is 12.8. The molecule has 0 spiro atoms. The van der Waals surface area contributed by atoms with Crippen LogP contribution in [0, 0.1) is 5.92 Å². The molecule has 0 aromatic heterocycles. The Morgan fingerprint density at radius 3 is 2.35 bits per heavy atom. The van der Waals surface area contributed by atoms with Gasteiger partial charge in [0.05, 0.1) is 19.8 Å². The number of ether oxygens (including phenoxy) is 1. The van der Waals surface area contributed by atoms with Gasteiger partial charge in [-0.3, -0.25) is 14.4 Å². The number of nitrogens with zero attached hydrogens (tertiary/aromatic N) is 1. The molecule has 176 valence electrons. The SMILES string of the molecule is CCCC(C)NC(=O)C(=O)CNC(=O)C(CC1CCCCC1)NC(=O)N1CCOCC1. The van der Waals surface area contributed by atoms with Gasteiger partial charge in [0.15, 0.2) is 0 Å². The van der Waals surface area contributed by atoms with E-state index in [1.807, 2.05) is 13.8 Å². The highest BCUT2D eigenvalue weighted by Gasteiger charge is 2.29. The van der Waals surface area contributed by atoms with E-state index >= 15 is 0 Å². The summed E-state index contributed by atoms with van der Waals surface area (Å²) in [6.45, 7) is 5.39. The number of amides is 4. The van der Waals surface area contributed by atoms with Crippen LogP contribution in [0.2, 0.25) is 0 Å². The number of urea groups is 1. The number of carbonyl (C=O) groups is 4. The van der Waals surface area contributed by atoms with Crippen LogP contribution in [0.4, 0.5) is 4.79 Å². The molecule has 1 saturated carbocycles. The van der Waals surface area contributed by atoms with Gasteiger partial charge in [0.25, 0.3) is 5.91 Å². The number of Topliss-reactive ketones (excluding diaryl/α,β-unsaturated/α-hetero) is 1. The molecule has 9 nitrogen and oxygen atoms in total. The standard InChI is InChI=1S/C22H38N4O5/c1-3-7-16(2)24-21(29)19(27)15-23-20(28)18(14-17-8-5-4-6-9-17)25-22(30)26-10-12-31-13-11-26/h16-18H,3-15H2,1-2H3,(H,23,28)(H,24,29)(H,25,30). The molecule has 2 fully saturated rings. The first kappa shape index (κ1) is 25.1. The first-order chi connectivity index (χ1) is 14.9. The molecular weight excluding hydrogens is 400 g/mol. The lowest BCUT2D eigenvalue weighted by Crippen LogP contribution is -2.55. The summed E-state index contributed by atoms with van der Waals surface area (Å²) >= 11 is 0. The minimum absolute atomic E-state index is 0.0935. The Morgan fingerprint density at radius 2 is 1.71 bits per heavy atom. The fourth-order valence-corrected chi connectivity index (χ4v) is 4.17. The Balaban J connectivity index is 1.90. The lowest BCUT2D eigenvalue weighted by atomic mass is 9.84. The molecule has 0 aromatic rings. The number of hydrogen-bond donors (Lipinski definition) is 3. The Bertz CT molecular complexity index is 615. The van der Waals surface area contributed by atoms with Crippen molar-refractivity contribution in [2.45, 2.75) is 77.3 Å². The average molecular weight is 439 g/mol. The normalized spacial score (nSPS) is 19.2. The molecule has 0 aromatic carbocycles. The maximum Gasteiger partial charge on any atom is 0.318 e. The number of ketones is 1. The minimum atomic E-state index is -0.728. The molecule has 31 heavy (non-hydrogen) atoms. The quantitative estimate of drug-likeness (QED) is 0.445. The molecule has 9 heteroatoms. The summed E-state index contributed by atoms with van der Waals surface area (Å²) < 4.78 is 5.28. The van der Waals surface area contributed by atoms with Crippen LogP contribution in [0.25, 0.3) is 0 Å². The van der Waals surface area contributed by atoms with E-state index in [-0.39, 0.29) is 18.6 Å². The van der Waals surface area contributed by atoms with Crippen LogP contribution in [0.5, 0.6) is 0 Å². The van der Waals surface area contributed by atoms with Gasteiger partial charge in [-0.1, -0.05) is 45.4 Å². The smallest absolute Gasteiger partial charge is 0.318 e. The van der Waals surface area contributed by atoms with E-state index in [0.29, 0.717) is 38.6 Å². The van der Waals surface area contributed by atoms with E-state index in [1.54, 1.807) is 4.90 Å². The fourth-order valence-electron chi connectivity index (χ4n) is 4.17. The number of carbonyl (C=O) groups excluding carboxylic acids is 4. The van der Waals surface area contributed by atoms with Crippen molar-refractivity contribution >= 4 is 23.6 Å². The first-order valence-electron chi connectivity index (χ1n) is 11.6. The largest absolute Gasteiger partial charge is 0.378 e. The van der Waals surface area contributed by atoms with Crippen LogP contribution < -0.4 is 16.0 Å². The van der Waals surface area contributed by atoms with Crippen molar-refractivity contribution in [2.75, 3.05) is 32.8 Å². The van der Waals surface area contributed by atoms with E-state index in [0.717, 1.165) is 38.5 Å². The Morgan fingerprint density at radius 1 is 1.03 bits per heavy atom. The Hall–Kier alpha value is -2.16. The van der Waals surface area contributed by atoms with E-state index < -0.39 is 23.6 Å². The summed E-state index contributed by atoms with van der Waals surface area (Å²) in [5.74, 6) is -1.44. The van der Waals surface area contributed by atoms with Gasteiger partial charge in [0.1, 0.15) is 6.04 Å². The number of hydrogen-bond acceptors (Lipinski definition) is 5. The second kappa shape index (κ2) is 13.3. The van der Waals surface area contributed by atoms with Crippen molar-refractivity contribution in [1.29, 1.82) is 0 Å². The van der Waals surface area contributed by atoms with Crippen LogP contribution in [0.3, 0.4) is 0 Å².